The van der Waals surface area contributed by atoms with E-state index < -0.39 is 17.4 Å². The summed E-state index contributed by atoms with van der Waals surface area (Å²) in [5.41, 5.74) is 3.77. The van der Waals surface area contributed by atoms with Gasteiger partial charge in [-0.25, -0.2) is 4.79 Å². The maximum absolute atomic E-state index is 13.5. The monoisotopic (exact) mass is 431 g/mol. The molecule has 5 rings (SSSR count). The average Bonchev–Trinajstić information content (AvgIpc) is 3.15. The van der Waals surface area contributed by atoms with Crippen molar-refractivity contribution in [3.8, 4) is 0 Å². The van der Waals surface area contributed by atoms with Crippen molar-refractivity contribution >= 4 is 22.8 Å². The maximum Gasteiger partial charge on any atom is 0.332 e. The summed E-state index contributed by atoms with van der Waals surface area (Å²) in [5, 5.41) is 10.6. The number of fused-ring (bicyclic) bond motifs is 3. The predicted octanol–water partition coefficient (Wildman–Crippen LogP) is 2.07. The molecule has 3 heterocycles. The third-order valence-corrected chi connectivity index (χ3v) is 6.01. The van der Waals surface area contributed by atoms with Crippen molar-refractivity contribution in [2.24, 2.45) is 7.05 Å². The summed E-state index contributed by atoms with van der Waals surface area (Å²) < 4.78 is 4.39. The first-order chi connectivity index (χ1) is 15.3. The van der Waals surface area contributed by atoms with Gasteiger partial charge < -0.3 is 14.6 Å². The Kier molecular flexibility index (Phi) is 4.74. The number of aliphatic hydroxyl groups excluding tert-OH is 1. The molecule has 1 aliphatic rings. The van der Waals surface area contributed by atoms with Gasteiger partial charge in [0.15, 0.2) is 11.2 Å². The van der Waals surface area contributed by atoms with Crippen molar-refractivity contribution in [1.29, 1.82) is 0 Å². The Hall–Kier alpha value is -3.65. The molecule has 1 aliphatic heterocycles. The minimum absolute atomic E-state index is 0.174. The van der Waals surface area contributed by atoms with Crippen molar-refractivity contribution in [3.05, 3.63) is 86.1 Å². The molecule has 1 N–H and O–H groups in total. The van der Waals surface area contributed by atoms with E-state index in [-0.39, 0.29) is 13.1 Å². The van der Waals surface area contributed by atoms with Crippen molar-refractivity contribution in [1.82, 2.24) is 18.7 Å². The minimum Gasteiger partial charge on any atom is -0.389 e. The number of hydrogen-bond donors (Lipinski definition) is 1. The van der Waals surface area contributed by atoms with Gasteiger partial charge in [-0.05, 0) is 31.5 Å². The lowest BCUT2D eigenvalue weighted by Crippen LogP contribution is -2.41. The molecule has 8 nitrogen and oxygen atoms in total. The van der Waals surface area contributed by atoms with Gasteiger partial charge in [-0.1, -0.05) is 47.5 Å². The van der Waals surface area contributed by atoms with Gasteiger partial charge in [-0.15, -0.1) is 0 Å². The first-order valence-corrected chi connectivity index (χ1v) is 10.6. The Labute approximate surface area is 184 Å². The Morgan fingerprint density at radius 1 is 1.03 bits per heavy atom. The van der Waals surface area contributed by atoms with Crippen molar-refractivity contribution in [2.75, 3.05) is 11.4 Å². The Bertz CT molecular complexity index is 1450. The predicted molar refractivity (Wildman–Crippen MR) is 124 cm³/mol. The highest BCUT2D eigenvalue weighted by Crippen LogP contribution is 2.31. The second-order valence-electron chi connectivity index (χ2n) is 8.52. The third-order valence-electron chi connectivity index (χ3n) is 6.01. The SMILES string of the molecule is Cc1ccc(N2CC(O)Cn3c2nc2c3c(=O)n(Cc3cccc(C)c3)c(=O)n2C)cc1. The van der Waals surface area contributed by atoms with Crippen LogP contribution >= 0.6 is 0 Å². The number of hydrogen-bond acceptors (Lipinski definition) is 5. The highest BCUT2D eigenvalue weighted by Gasteiger charge is 2.30. The van der Waals surface area contributed by atoms with Crippen LogP contribution in [0.2, 0.25) is 0 Å². The van der Waals surface area contributed by atoms with E-state index in [0.29, 0.717) is 23.7 Å². The van der Waals surface area contributed by atoms with E-state index in [1.807, 2.05) is 67.3 Å². The van der Waals surface area contributed by atoms with E-state index in [2.05, 4.69) is 4.98 Å². The lowest BCUT2D eigenvalue weighted by atomic mass is 10.1. The van der Waals surface area contributed by atoms with Gasteiger partial charge in [-0.2, -0.15) is 4.98 Å². The van der Waals surface area contributed by atoms with E-state index in [1.165, 1.54) is 9.13 Å². The largest absolute Gasteiger partial charge is 0.389 e. The quantitative estimate of drug-likeness (QED) is 0.537. The van der Waals surface area contributed by atoms with Gasteiger partial charge in [0.05, 0.1) is 25.7 Å². The summed E-state index contributed by atoms with van der Waals surface area (Å²) in [5.74, 6) is 0.551. The topological polar surface area (TPSA) is 85.3 Å². The zero-order valence-corrected chi connectivity index (χ0v) is 18.3. The van der Waals surface area contributed by atoms with Crippen LogP contribution in [0, 0.1) is 13.8 Å². The summed E-state index contributed by atoms with van der Waals surface area (Å²) >= 11 is 0. The minimum atomic E-state index is -0.678. The lowest BCUT2D eigenvalue weighted by molar-refractivity contribution is 0.154. The van der Waals surface area contributed by atoms with Crippen molar-refractivity contribution < 1.29 is 5.11 Å². The van der Waals surface area contributed by atoms with Crippen LogP contribution in [-0.4, -0.2) is 36.4 Å². The van der Waals surface area contributed by atoms with Crippen LogP contribution in [0.3, 0.4) is 0 Å². The summed E-state index contributed by atoms with van der Waals surface area (Å²) in [6.07, 6.45) is -0.678. The fourth-order valence-electron chi connectivity index (χ4n) is 4.38. The maximum atomic E-state index is 13.5. The van der Waals surface area contributed by atoms with Crippen LogP contribution < -0.4 is 16.1 Å². The third kappa shape index (κ3) is 3.23. The molecule has 0 radical (unpaired) electrons. The molecular formula is C24H25N5O3. The van der Waals surface area contributed by atoms with Crippen molar-refractivity contribution in [3.63, 3.8) is 0 Å². The van der Waals surface area contributed by atoms with Gasteiger partial charge in [0.2, 0.25) is 5.95 Å². The number of aliphatic hydroxyl groups is 1. The molecule has 8 heteroatoms. The molecule has 0 aliphatic carbocycles. The number of nitrogens with zero attached hydrogens (tertiary/aromatic N) is 5. The summed E-state index contributed by atoms with van der Waals surface area (Å²) in [6.45, 7) is 4.76. The fourth-order valence-corrected chi connectivity index (χ4v) is 4.38. The molecule has 32 heavy (non-hydrogen) atoms. The second kappa shape index (κ2) is 7.49. The molecule has 1 unspecified atom stereocenters. The number of anilines is 2. The highest BCUT2D eigenvalue weighted by atomic mass is 16.3. The Morgan fingerprint density at radius 2 is 1.78 bits per heavy atom. The number of aryl methyl sites for hydroxylation is 3. The molecular weight excluding hydrogens is 406 g/mol. The van der Waals surface area contributed by atoms with E-state index in [9.17, 15) is 14.7 Å². The average molecular weight is 431 g/mol. The van der Waals surface area contributed by atoms with Crippen LogP contribution in [0.25, 0.3) is 11.2 Å². The molecule has 0 saturated heterocycles. The number of imidazole rings is 1. The van der Waals surface area contributed by atoms with Gasteiger partial charge in [0.25, 0.3) is 5.56 Å². The summed E-state index contributed by atoms with van der Waals surface area (Å²) in [7, 11) is 1.63. The number of benzene rings is 2. The smallest absolute Gasteiger partial charge is 0.332 e. The van der Waals surface area contributed by atoms with Gasteiger partial charge in [0.1, 0.15) is 0 Å². The van der Waals surface area contributed by atoms with E-state index in [0.717, 1.165) is 22.4 Å². The van der Waals surface area contributed by atoms with Crippen LogP contribution in [0.4, 0.5) is 11.6 Å². The van der Waals surface area contributed by atoms with E-state index in [1.54, 1.807) is 11.6 Å². The Balaban J connectivity index is 1.72. The highest BCUT2D eigenvalue weighted by molar-refractivity contribution is 5.77. The van der Waals surface area contributed by atoms with Crippen LogP contribution in [-0.2, 0) is 20.1 Å². The molecule has 2 aromatic heterocycles. The number of β-amino-alcohol motifs (C(OH)–C–C–N with tert-alkyl or cyclic N) is 1. The number of aromatic nitrogens is 4. The van der Waals surface area contributed by atoms with E-state index in [4.69, 9.17) is 0 Å². The van der Waals surface area contributed by atoms with Gasteiger partial charge in [0, 0.05) is 12.7 Å². The molecule has 0 spiro atoms. The summed E-state index contributed by atoms with van der Waals surface area (Å²) in [6, 6.07) is 15.7. The normalized spacial score (nSPS) is 15.9. The molecule has 1 atom stereocenters. The Morgan fingerprint density at radius 3 is 2.50 bits per heavy atom. The molecule has 2 aromatic carbocycles. The zero-order chi connectivity index (χ0) is 22.6. The van der Waals surface area contributed by atoms with Crippen molar-refractivity contribution in [2.45, 2.75) is 33.0 Å². The van der Waals surface area contributed by atoms with Gasteiger partial charge >= 0.3 is 5.69 Å². The first kappa shape index (κ1) is 20.3. The van der Waals surface area contributed by atoms with Gasteiger partial charge in [-0.3, -0.25) is 13.9 Å². The first-order valence-electron chi connectivity index (χ1n) is 10.6. The molecule has 0 bridgehead atoms. The molecule has 0 saturated carbocycles. The van der Waals surface area contributed by atoms with Crippen LogP contribution in [0.15, 0.2) is 58.1 Å². The molecule has 0 amide bonds. The summed E-state index contributed by atoms with van der Waals surface area (Å²) in [4.78, 5) is 33.1. The second-order valence-corrected chi connectivity index (χ2v) is 8.52. The van der Waals surface area contributed by atoms with E-state index >= 15 is 0 Å². The van der Waals surface area contributed by atoms with Crippen LogP contribution in [0.1, 0.15) is 16.7 Å². The zero-order valence-electron chi connectivity index (χ0n) is 18.3. The fraction of sp³-hybridized carbons (Fsp3) is 0.292. The molecule has 4 aromatic rings. The number of rotatable bonds is 3. The standard InChI is InChI=1S/C24H25N5O3/c1-15-7-9-18(10-8-15)27-13-19(30)14-28-20-21(25-23(27)28)26(3)24(32)29(22(20)31)12-17-6-4-5-16(2)11-17/h4-11,19,30H,12-14H2,1-3H3. The van der Waals surface area contributed by atoms with Crippen LogP contribution in [0.5, 0.6) is 0 Å². The lowest BCUT2D eigenvalue weighted by Gasteiger charge is -2.32. The molecule has 164 valence electrons. The molecule has 0 fully saturated rings.